The fourth-order valence-corrected chi connectivity index (χ4v) is 2.39. The number of ether oxygens (including phenoxy) is 1. The zero-order chi connectivity index (χ0) is 20.1. The highest BCUT2D eigenvalue weighted by atomic mass is 19.4. The fourth-order valence-electron chi connectivity index (χ4n) is 2.39. The lowest BCUT2D eigenvalue weighted by molar-refractivity contribution is -0.173. The number of rotatable bonds is 6. The third kappa shape index (κ3) is 4.67. The molecule has 0 unspecified atom stereocenters. The Balaban J connectivity index is 1.58. The number of H-pyrrole nitrogens is 1. The number of alkyl halides is 3. The van der Waals surface area contributed by atoms with E-state index < -0.39 is 18.6 Å². The van der Waals surface area contributed by atoms with Crippen molar-refractivity contribution in [2.45, 2.75) is 6.18 Å². The number of para-hydroxylation sites is 2. The Bertz CT molecular complexity index is 961. The van der Waals surface area contributed by atoms with Crippen molar-refractivity contribution in [2.24, 2.45) is 0 Å². The molecule has 1 amide bonds. The maximum absolute atomic E-state index is 12.8. The molecule has 9 heteroatoms. The molecule has 0 aliphatic carbocycles. The van der Waals surface area contributed by atoms with E-state index >= 15 is 0 Å². The van der Waals surface area contributed by atoms with Crippen LogP contribution in [0.2, 0.25) is 0 Å². The van der Waals surface area contributed by atoms with Gasteiger partial charge in [-0.2, -0.15) is 13.2 Å². The van der Waals surface area contributed by atoms with E-state index in [0.29, 0.717) is 11.6 Å². The van der Waals surface area contributed by atoms with E-state index in [1.54, 1.807) is 29.6 Å². The average molecular weight is 393 g/mol. The largest absolute Gasteiger partial charge is 0.489 e. The molecule has 0 aliphatic rings. The molecule has 28 heavy (non-hydrogen) atoms. The summed E-state index contributed by atoms with van der Waals surface area (Å²) in [5.74, 6) is -1.07. The maximum atomic E-state index is 12.8. The number of nitrogens with one attached hydrogen (secondary N) is 2. The Morgan fingerprint density at radius 3 is 2.50 bits per heavy atom. The minimum absolute atomic E-state index is 0.111. The van der Waals surface area contributed by atoms with Gasteiger partial charge >= 0.3 is 12.1 Å². The van der Waals surface area contributed by atoms with Gasteiger partial charge in [0.05, 0.1) is 17.4 Å². The lowest BCUT2D eigenvalue weighted by Crippen LogP contribution is -2.38. The van der Waals surface area contributed by atoms with E-state index in [1.165, 1.54) is 0 Å². The number of hydrogen-bond acceptors (Lipinski definition) is 3. The van der Waals surface area contributed by atoms with Crippen LogP contribution in [0.15, 0.2) is 60.4 Å². The zero-order valence-corrected chi connectivity index (χ0v) is 14.4. The summed E-state index contributed by atoms with van der Waals surface area (Å²) in [6, 6.07) is 14.3. The Morgan fingerprint density at radius 2 is 1.86 bits per heavy atom. The van der Waals surface area contributed by atoms with Crippen LogP contribution in [-0.4, -0.2) is 35.2 Å². The number of aromatic amines is 1. The first-order valence-corrected chi connectivity index (χ1v) is 8.18. The van der Waals surface area contributed by atoms with Crippen molar-refractivity contribution in [3.63, 3.8) is 0 Å². The quantitative estimate of drug-likeness (QED) is 0.619. The normalized spacial score (nSPS) is 12.2. The molecule has 1 aromatic heterocycles. The van der Waals surface area contributed by atoms with Gasteiger partial charge in [-0.15, -0.1) is 0 Å². The Labute approximate surface area is 157 Å². The first-order valence-electron chi connectivity index (χ1n) is 8.18. The van der Waals surface area contributed by atoms with Gasteiger partial charge in [0.2, 0.25) is 0 Å². The van der Waals surface area contributed by atoms with Gasteiger partial charge in [-0.3, -0.25) is 4.79 Å². The highest BCUT2D eigenvalue weighted by Crippen LogP contribution is 2.23. The number of carbonyl (C=O) groups excluding carboxylic acids is 1. The first-order chi connectivity index (χ1) is 13.4. The molecule has 3 aromatic rings. The fraction of sp³-hybridized carbons (Fsp3) is 0.158. The molecule has 1 heterocycles. The summed E-state index contributed by atoms with van der Waals surface area (Å²) in [6.45, 7) is -0.912. The van der Waals surface area contributed by atoms with Crippen LogP contribution in [0.25, 0.3) is 22.4 Å². The van der Waals surface area contributed by atoms with Gasteiger partial charge in [0.25, 0.3) is 0 Å². The Kier molecular flexibility index (Phi) is 5.62. The van der Waals surface area contributed by atoms with Crippen LogP contribution >= 0.6 is 0 Å². The van der Waals surface area contributed by atoms with Gasteiger partial charge < -0.3 is 15.0 Å². The van der Waals surface area contributed by atoms with E-state index in [2.05, 4.69) is 9.97 Å². The molecule has 2 aromatic carbocycles. The van der Waals surface area contributed by atoms with Crippen molar-refractivity contribution in [3.8, 4) is 17.1 Å². The second kappa shape index (κ2) is 8.12. The van der Waals surface area contributed by atoms with Crippen molar-refractivity contribution in [1.82, 2.24) is 15.3 Å². The number of nitrogens with zero attached hydrogens (tertiary/aromatic N) is 1. The number of hydrogen-bond donors (Lipinski definition) is 2. The lowest BCUT2D eigenvalue weighted by atomic mass is 10.2. The molecule has 3 rings (SSSR count). The Morgan fingerprint density at radius 1 is 1.14 bits per heavy atom. The molecule has 0 saturated heterocycles. The van der Waals surface area contributed by atoms with Crippen molar-refractivity contribution < 1.29 is 27.1 Å². The third-order valence-corrected chi connectivity index (χ3v) is 3.83. The predicted octanol–water partition coefficient (Wildman–Crippen LogP) is 4.14. The van der Waals surface area contributed by atoms with Crippen molar-refractivity contribution in [2.75, 3.05) is 13.2 Å². The van der Waals surface area contributed by atoms with E-state index in [-0.39, 0.29) is 18.5 Å². The van der Waals surface area contributed by atoms with Crippen LogP contribution < -0.4 is 10.1 Å². The Hall–Kier alpha value is -3.36. The molecule has 5 nitrogen and oxygen atoms in total. The molecule has 0 aliphatic heterocycles. The molecule has 0 atom stereocenters. The van der Waals surface area contributed by atoms with Crippen LogP contribution in [-0.2, 0) is 4.79 Å². The number of amides is 1. The second-order valence-electron chi connectivity index (χ2n) is 5.86. The molecule has 146 valence electrons. The zero-order valence-electron chi connectivity index (χ0n) is 14.4. The van der Waals surface area contributed by atoms with Gasteiger partial charge in [-0.05, 0) is 36.4 Å². The number of benzene rings is 2. The SMILES string of the molecule is O=C(NC/C(=C/F)COc1ccc(-c2nc3ccccc3[nH]2)cc1)C(F)(F)F. The van der Waals surface area contributed by atoms with E-state index in [1.807, 2.05) is 24.3 Å². The van der Waals surface area contributed by atoms with Gasteiger partial charge in [-0.1, -0.05) is 12.1 Å². The third-order valence-electron chi connectivity index (χ3n) is 3.83. The topological polar surface area (TPSA) is 67.0 Å². The van der Waals surface area contributed by atoms with Gasteiger partial charge in [0.1, 0.15) is 18.2 Å². The average Bonchev–Trinajstić information content (AvgIpc) is 3.12. The minimum Gasteiger partial charge on any atom is -0.489 e. The molecule has 0 bridgehead atoms. The number of fused-ring (bicyclic) bond motifs is 1. The van der Waals surface area contributed by atoms with Gasteiger partial charge in [0.15, 0.2) is 0 Å². The van der Waals surface area contributed by atoms with Crippen LogP contribution in [0.1, 0.15) is 0 Å². The van der Waals surface area contributed by atoms with Crippen LogP contribution in [0.4, 0.5) is 17.6 Å². The number of halogens is 4. The van der Waals surface area contributed by atoms with Crippen LogP contribution in [0, 0.1) is 0 Å². The molecular formula is C19H15F4N3O2. The van der Waals surface area contributed by atoms with E-state index in [9.17, 15) is 22.4 Å². The summed E-state index contributed by atoms with van der Waals surface area (Å²) in [7, 11) is 0. The van der Waals surface area contributed by atoms with E-state index in [0.717, 1.165) is 16.6 Å². The molecule has 0 saturated carbocycles. The van der Waals surface area contributed by atoms with Gasteiger partial charge in [-0.25, -0.2) is 9.37 Å². The molecular weight excluding hydrogens is 378 g/mol. The highest BCUT2D eigenvalue weighted by Gasteiger charge is 2.38. The summed E-state index contributed by atoms with van der Waals surface area (Å²) >= 11 is 0. The standard InChI is InChI=1S/C19H15F4N3O2/c20-9-12(10-24-18(27)19(21,22)23)11-28-14-7-5-13(6-8-14)17-25-15-3-1-2-4-16(15)26-17/h1-9H,10-11H2,(H,24,27)(H,25,26)/b12-9-. The number of carbonyl (C=O) groups is 1. The smallest absolute Gasteiger partial charge is 0.471 e. The summed E-state index contributed by atoms with van der Waals surface area (Å²) in [6.07, 6.45) is -4.91. The first kappa shape index (κ1) is 19.4. The second-order valence-corrected chi connectivity index (χ2v) is 5.86. The molecule has 0 fully saturated rings. The molecule has 2 N–H and O–H groups in total. The number of imidazole rings is 1. The maximum Gasteiger partial charge on any atom is 0.471 e. The summed E-state index contributed by atoms with van der Waals surface area (Å²) in [5.41, 5.74) is 2.40. The summed E-state index contributed by atoms with van der Waals surface area (Å²) < 4.78 is 54.6. The molecule has 0 spiro atoms. The predicted molar refractivity (Wildman–Crippen MR) is 95.3 cm³/mol. The van der Waals surface area contributed by atoms with Crippen LogP contribution in [0.5, 0.6) is 5.75 Å². The summed E-state index contributed by atoms with van der Waals surface area (Å²) in [5, 5.41) is 1.59. The highest BCUT2D eigenvalue weighted by molar-refractivity contribution is 5.82. The number of aromatic nitrogens is 2. The van der Waals surface area contributed by atoms with Crippen molar-refractivity contribution >= 4 is 16.9 Å². The van der Waals surface area contributed by atoms with Gasteiger partial charge in [0, 0.05) is 17.7 Å². The summed E-state index contributed by atoms with van der Waals surface area (Å²) in [4.78, 5) is 18.4. The monoisotopic (exact) mass is 393 g/mol. The lowest BCUT2D eigenvalue weighted by Gasteiger charge is -2.11. The minimum atomic E-state index is -5.02. The van der Waals surface area contributed by atoms with E-state index in [4.69, 9.17) is 4.74 Å². The molecule has 0 radical (unpaired) electrons. The van der Waals surface area contributed by atoms with Crippen molar-refractivity contribution in [1.29, 1.82) is 0 Å². The van der Waals surface area contributed by atoms with Crippen LogP contribution in [0.3, 0.4) is 0 Å². The van der Waals surface area contributed by atoms with Crippen molar-refractivity contribution in [3.05, 3.63) is 60.4 Å².